The highest BCUT2D eigenvalue weighted by Gasteiger charge is 2.26. The molecule has 0 bridgehead atoms. The maximum atomic E-state index is 10.1. The third-order valence-corrected chi connectivity index (χ3v) is 5.16. The largest absolute Gasteiger partial charge is 0.394 e. The quantitative estimate of drug-likeness (QED) is 0.563. The van der Waals surface area contributed by atoms with Gasteiger partial charge in [-0.1, -0.05) is 84.9 Å². The lowest BCUT2D eigenvalue weighted by Gasteiger charge is -2.29. The van der Waals surface area contributed by atoms with Crippen LogP contribution in [-0.4, -0.2) is 17.3 Å². The van der Waals surface area contributed by atoms with Crippen molar-refractivity contribution in [2.24, 2.45) is 5.73 Å². The van der Waals surface area contributed by atoms with E-state index in [2.05, 4.69) is 60.7 Å². The van der Waals surface area contributed by atoms with Gasteiger partial charge >= 0.3 is 0 Å². The van der Waals surface area contributed by atoms with Crippen LogP contribution in [-0.2, 0) is 12.8 Å². The van der Waals surface area contributed by atoms with Crippen molar-refractivity contribution < 1.29 is 5.11 Å². The highest BCUT2D eigenvalue weighted by molar-refractivity contribution is 5.86. The lowest BCUT2D eigenvalue weighted by atomic mass is 9.83. The summed E-state index contributed by atoms with van der Waals surface area (Å²) in [7, 11) is 0. The summed E-state index contributed by atoms with van der Waals surface area (Å²) in [6.07, 6.45) is 1.27. The molecular formula is C24H23NO. The lowest BCUT2D eigenvalue weighted by Crippen LogP contribution is -2.48. The third-order valence-electron chi connectivity index (χ3n) is 5.16. The summed E-state index contributed by atoms with van der Waals surface area (Å²) < 4.78 is 0. The second-order valence-electron chi connectivity index (χ2n) is 7.15. The van der Waals surface area contributed by atoms with Crippen molar-refractivity contribution >= 4 is 21.5 Å². The molecule has 0 saturated carbocycles. The Morgan fingerprint density at radius 3 is 1.50 bits per heavy atom. The number of aliphatic hydroxyl groups is 1. The fraction of sp³-hybridized carbons (Fsp3) is 0.167. The van der Waals surface area contributed by atoms with Crippen LogP contribution in [0.2, 0.25) is 0 Å². The first-order valence-electron chi connectivity index (χ1n) is 9.02. The van der Waals surface area contributed by atoms with Gasteiger partial charge in [0.15, 0.2) is 0 Å². The minimum atomic E-state index is -0.700. The van der Waals surface area contributed by atoms with Gasteiger partial charge < -0.3 is 10.8 Å². The first-order valence-corrected chi connectivity index (χ1v) is 9.02. The molecule has 2 heteroatoms. The number of hydrogen-bond acceptors (Lipinski definition) is 2. The minimum absolute atomic E-state index is 0.0561. The second-order valence-corrected chi connectivity index (χ2v) is 7.15. The van der Waals surface area contributed by atoms with Crippen LogP contribution in [0.1, 0.15) is 11.1 Å². The van der Waals surface area contributed by atoms with Gasteiger partial charge in [-0.2, -0.15) is 0 Å². The summed E-state index contributed by atoms with van der Waals surface area (Å²) in [6.45, 7) is -0.0561. The Bertz CT molecular complexity index is 962. The summed E-state index contributed by atoms with van der Waals surface area (Å²) in [5.74, 6) is 0. The van der Waals surface area contributed by atoms with Gasteiger partial charge in [0.05, 0.1) is 6.61 Å². The first kappa shape index (κ1) is 16.8. The fourth-order valence-electron chi connectivity index (χ4n) is 3.83. The second kappa shape index (κ2) is 6.91. The van der Waals surface area contributed by atoms with Crippen molar-refractivity contribution in [2.45, 2.75) is 18.4 Å². The van der Waals surface area contributed by atoms with Crippen LogP contribution in [0, 0.1) is 0 Å². The predicted octanol–water partition coefficient (Wildman–Crippen LogP) is 4.47. The molecule has 0 spiro atoms. The molecule has 4 rings (SSSR count). The molecule has 130 valence electrons. The molecule has 0 radical (unpaired) electrons. The Balaban J connectivity index is 1.71. The van der Waals surface area contributed by atoms with Crippen LogP contribution in [0.4, 0.5) is 0 Å². The third kappa shape index (κ3) is 3.22. The van der Waals surface area contributed by atoms with Crippen LogP contribution in [0.3, 0.4) is 0 Å². The molecule has 3 N–H and O–H groups in total. The Hall–Kier alpha value is -2.68. The molecule has 26 heavy (non-hydrogen) atoms. The summed E-state index contributed by atoms with van der Waals surface area (Å²) in [5, 5.41) is 14.9. The van der Waals surface area contributed by atoms with Crippen LogP contribution in [0.25, 0.3) is 21.5 Å². The molecule has 0 saturated heterocycles. The van der Waals surface area contributed by atoms with E-state index in [1.165, 1.54) is 32.7 Å². The zero-order chi connectivity index (χ0) is 18.0. The van der Waals surface area contributed by atoms with E-state index in [1.54, 1.807) is 0 Å². The van der Waals surface area contributed by atoms with E-state index in [-0.39, 0.29) is 6.61 Å². The number of fused-ring (bicyclic) bond motifs is 2. The molecule has 0 fully saturated rings. The van der Waals surface area contributed by atoms with Gasteiger partial charge in [-0.15, -0.1) is 0 Å². The highest BCUT2D eigenvalue weighted by Crippen LogP contribution is 2.26. The lowest BCUT2D eigenvalue weighted by molar-refractivity contribution is 0.194. The molecule has 4 aromatic rings. The van der Waals surface area contributed by atoms with Crippen LogP contribution in [0.15, 0.2) is 84.9 Å². The maximum absolute atomic E-state index is 10.1. The van der Waals surface area contributed by atoms with Crippen molar-refractivity contribution in [3.8, 4) is 0 Å². The van der Waals surface area contributed by atoms with E-state index in [0.717, 1.165) is 0 Å². The predicted molar refractivity (Wildman–Crippen MR) is 109 cm³/mol. The van der Waals surface area contributed by atoms with E-state index >= 15 is 0 Å². The van der Waals surface area contributed by atoms with Crippen molar-refractivity contribution in [1.29, 1.82) is 0 Å². The molecule has 0 aliphatic rings. The van der Waals surface area contributed by atoms with E-state index in [0.29, 0.717) is 12.8 Å². The van der Waals surface area contributed by atoms with Crippen LogP contribution < -0.4 is 5.73 Å². The zero-order valence-electron chi connectivity index (χ0n) is 14.7. The van der Waals surface area contributed by atoms with E-state index in [9.17, 15) is 5.11 Å². The van der Waals surface area contributed by atoms with E-state index in [4.69, 9.17) is 5.73 Å². The summed E-state index contributed by atoms with van der Waals surface area (Å²) in [5.41, 5.74) is 8.35. The molecule has 0 aliphatic heterocycles. The number of hydrogen-bond donors (Lipinski definition) is 2. The normalized spacial score (nSPS) is 11.9. The fourth-order valence-corrected chi connectivity index (χ4v) is 3.83. The standard InChI is InChI=1S/C24H23NO/c25-24(17-26,15-20-11-5-9-18-7-1-3-13-22(18)20)16-21-12-6-10-19-8-2-4-14-23(19)21/h1-14,26H,15-17,25H2. The molecule has 0 aromatic heterocycles. The maximum Gasteiger partial charge on any atom is 0.0617 e. The van der Waals surface area contributed by atoms with Crippen molar-refractivity contribution in [2.75, 3.05) is 6.61 Å². The van der Waals surface area contributed by atoms with Crippen LogP contribution in [0.5, 0.6) is 0 Å². The Kier molecular flexibility index (Phi) is 4.46. The first-order chi connectivity index (χ1) is 12.7. The van der Waals surface area contributed by atoms with E-state index < -0.39 is 5.54 Å². The topological polar surface area (TPSA) is 46.2 Å². The van der Waals surface area contributed by atoms with Gasteiger partial charge in [0.2, 0.25) is 0 Å². The Morgan fingerprint density at radius 1 is 0.615 bits per heavy atom. The van der Waals surface area contributed by atoms with Gasteiger partial charge in [0, 0.05) is 5.54 Å². The molecule has 0 atom stereocenters. The highest BCUT2D eigenvalue weighted by atomic mass is 16.3. The van der Waals surface area contributed by atoms with Crippen LogP contribution >= 0.6 is 0 Å². The molecule has 2 nitrogen and oxygen atoms in total. The molecule has 0 amide bonds. The van der Waals surface area contributed by atoms with Gasteiger partial charge in [0.25, 0.3) is 0 Å². The molecule has 0 unspecified atom stereocenters. The number of nitrogens with two attached hydrogens (primary N) is 1. The smallest absolute Gasteiger partial charge is 0.0617 e. The summed E-state index contributed by atoms with van der Waals surface area (Å²) in [6, 6.07) is 29.2. The summed E-state index contributed by atoms with van der Waals surface area (Å²) >= 11 is 0. The monoisotopic (exact) mass is 341 g/mol. The zero-order valence-corrected chi connectivity index (χ0v) is 14.7. The SMILES string of the molecule is NC(CO)(Cc1cccc2ccccc12)Cc1cccc2ccccc12. The Labute approximate surface area is 153 Å². The number of rotatable bonds is 5. The van der Waals surface area contributed by atoms with Gasteiger partial charge in [-0.3, -0.25) is 0 Å². The Morgan fingerprint density at radius 2 is 1.04 bits per heavy atom. The molecule has 0 heterocycles. The van der Waals surface area contributed by atoms with Gasteiger partial charge in [-0.05, 0) is 45.5 Å². The van der Waals surface area contributed by atoms with Crippen molar-refractivity contribution in [1.82, 2.24) is 0 Å². The van der Waals surface area contributed by atoms with Crippen molar-refractivity contribution in [3.63, 3.8) is 0 Å². The van der Waals surface area contributed by atoms with Gasteiger partial charge in [-0.25, -0.2) is 0 Å². The van der Waals surface area contributed by atoms with Gasteiger partial charge in [0.1, 0.15) is 0 Å². The molecular weight excluding hydrogens is 318 g/mol. The number of benzene rings is 4. The molecule has 0 aliphatic carbocycles. The molecule has 4 aromatic carbocycles. The minimum Gasteiger partial charge on any atom is -0.394 e. The van der Waals surface area contributed by atoms with Crippen molar-refractivity contribution in [3.05, 3.63) is 96.1 Å². The average Bonchev–Trinajstić information content (AvgIpc) is 2.69. The summed E-state index contributed by atoms with van der Waals surface area (Å²) in [4.78, 5) is 0. The average molecular weight is 341 g/mol. The van der Waals surface area contributed by atoms with E-state index in [1.807, 2.05) is 24.3 Å². The number of aliphatic hydroxyl groups excluding tert-OH is 1.